The number of carbonyl (C=O) groups excluding carboxylic acids is 1. The first-order valence-corrected chi connectivity index (χ1v) is 7.84. The lowest BCUT2D eigenvalue weighted by molar-refractivity contribution is 0.103. The maximum Gasteiger partial charge on any atom is 0.207 e. The van der Waals surface area contributed by atoms with E-state index in [0.717, 1.165) is 37.7 Å². The number of nitrogens with one attached hydrogen (secondary N) is 1. The van der Waals surface area contributed by atoms with Crippen LogP contribution in [0.3, 0.4) is 0 Å². The van der Waals surface area contributed by atoms with E-state index in [9.17, 15) is 4.79 Å². The molecule has 0 saturated carbocycles. The van der Waals surface area contributed by atoms with E-state index in [1.54, 1.807) is 12.1 Å². The van der Waals surface area contributed by atoms with Crippen molar-refractivity contribution in [1.29, 1.82) is 5.26 Å². The smallest absolute Gasteiger partial charge is 0.207 e. The van der Waals surface area contributed by atoms with Crippen molar-refractivity contribution < 1.29 is 4.79 Å². The van der Waals surface area contributed by atoms with Gasteiger partial charge in [0, 0.05) is 22.0 Å². The van der Waals surface area contributed by atoms with Crippen molar-refractivity contribution in [3.8, 4) is 6.07 Å². The predicted octanol–water partition coefficient (Wildman–Crippen LogP) is 3.67. The van der Waals surface area contributed by atoms with E-state index in [1.165, 1.54) is 11.3 Å². The van der Waals surface area contributed by atoms with Gasteiger partial charge in [0.25, 0.3) is 0 Å². The Balaban J connectivity index is 2.10. The Morgan fingerprint density at radius 3 is 2.86 bits per heavy atom. The summed E-state index contributed by atoms with van der Waals surface area (Å²) < 4.78 is 0. The molecule has 4 nitrogen and oxygen atoms in total. The zero-order valence-electron chi connectivity index (χ0n) is 12.4. The van der Waals surface area contributed by atoms with Crippen molar-refractivity contribution in [2.24, 2.45) is 0 Å². The van der Waals surface area contributed by atoms with Gasteiger partial charge in [-0.15, -0.1) is 11.3 Å². The molecule has 0 spiro atoms. The summed E-state index contributed by atoms with van der Waals surface area (Å²) in [6, 6.07) is 7.54. The van der Waals surface area contributed by atoms with Crippen LogP contribution < -0.4 is 0 Å². The SMILES string of the molecule is Cc1nc2c(s1)C(=O)c1c([nH]c3cc(C#N)ccc13)C2(C)C. The van der Waals surface area contributed by atoms with Crippen molar-refractivity contribution in [1.82, 2.24) is 9.97 Å². The number of H-pyrrole nitrogens is 1. The van der Waals surface area contributed by atoms with E-state index in [2.05, 4.69) is 29.9 Å². The molecule has 0 fully saturated rings. The average molecular weight is 307 g/mol. The summed E-state index contributed by atoms with van der Waals surface area (Å²) in [5.74, 6) is 0.0332. The molecule has 1 aromatic carbocycles. The molecular formula is C17H13N3OS. The second-order valence-electron chi connectivity index (χ2n) is 6.11. The summed E-state index contributed by atoms with van der Waals surface area (Å²) in [5, 5.41) is 10.8. The van der Waals surface area contributed by atoms with Crippen LogP contribution in [-0.4, -0.2) is 15.8 Å². The number of rotatable bonds is 0. The Morgan fingerprint density at radius 2 is 2.14 bits per heavy atom. The molecule has 1 aliphatic carbocycles. The van der Waals surface area contributed by atoms with Gasteiger partial charge in [0.1, 0.15) is 0 Å². The molecule has 0 aliphatic heterocycles. The number of nitrogens with zero attached hydrogens (tertiary/aromatic N) is 2. The number of carbonyl (C=O) groups is 1. The minimum absolute atomic E-state index is 0.0332. The monoisotopic (exact) mass is 307 g/mol. The van der Waals surface area contributed by atoms with Gasteiger partial charge in [-0.1, -0.05) is 6.07 Å². The molecule has 22 heavy (non-hydrogen) atoms. The summed E-state index contributed by atoms with van der Waals surface area (Å²) in [4.78, 5) is 21.6. The molecule has 2 aromatic heterocycles. The fourth-order valence-electron chi connectivity index (χ4n) is 3.21. The maximum absolute atomic E-state index is 12.9. The third-order valence-electron chi connectivity index (χ3n) is 4.31. The number of ketones is 1. The minimum Gasteiger partial charge on any atom is -0.357 e. The first kappa shape index (κ1) is 13.2. The average Bonchev–Trinajstić information content (AvgIpc) is 3.06. The van der Waals surface area contributed by atoms with E-state index in [4.69, 9.17) is 5.26 Å². The molecule has 1 aliphatic rings. The van der Waals surface area contributed by atoms with Crippen molar-refractivity contribution in [3.05, 3.63) is 50.6 Å². The van der Waals surface area contributed by atoms with Crippen molar-refractivity contribution >= 4 is 28.0 Å². The van der Waals surface area contributed by atoms with Crippen LogP contribution in [0.1, 0.15) is 51.0 Å². The maximum atomic E-state index is 12.9. The van der Waals surface area contributed by atoms with Crippen molar-refractivity contribution in [2.75, 3.05) is 0 Å². The predicted molar refractivity (Wildman–Crippen MR) is 85.4 cm³/mol. The highest BCUT2D eigenvalue weighted by atomic mass is 32.1. The first-order valence-electron chi connectivity index (χ1n) is 7.02. The highest BCUT2D eigenvalue weighted by Gasteiger charge is 2.42. The van der Waals surface area contributed by atoms with Crippen molar-refractivity contribution in [2.45, 2.75) is 26.2 Å². The Hall–Kier alpha value is -2.45. The number of hydrogen-bond acceptors (Lipinski definition) is 4. The highest BCUT2D eigenvalue weighted by molar-refractivity contribution is 7.14. The normalized spacial score (nSPS) is 15.5. The molecule has 108 valence electrons. The highest BCUT2D eigenvalue weighted by Crippen LogP contribution is 2.44. The molecule has 0 saturated heterocycles. The summed E-state index contributed by atoms with van der Waals surface area (Å²) in [5.41, 5.74) is 3.52. The zero-order valence-corrected chi connectivity index (χ0v) is 13.3. The summed E-state index contributed by atoms with van der Waals surface area (Å²) >= 11 is 1.46. The van der Waals surface area contributed by atoms with Crippen LogP contribution in [0.5, 0.6) is 0 Å². The molecule has 0 atom stereocenters. The lowest BCUT2D eigenvalue weighted by Crippen LogP contribution is -2.29. The molecule has 0 unspecified atom stereocenters. The molecule has 0 amide bonds. The van der Waals surface area contributed by atoms with Crippen molar-refractivity contribution in [3.63, 3.8) is 0 Å². The van der Waals surface area contributed by atoms with Gasteiger partial charge >= 0.3 is 0 Å². The van der Waals surface area contributed by atoms with Gasteiger partial charge in [-0.05, 0) is 32.9 Å². The quantitative estimate of drug-likeness (QED) is 0.689. The van der Waals surface area contributed by atoms with Gasteiger partial charge < -0.3 is 4.98 Å². The summed E-state index contributed by atoms with van der Waals surface area (Å²) in [7, 11) is 0. The van der Waals surface area contributed by atoms with Crippen LogP contribution in [0.25, 0.3) is 10.9 Å². The van der Waals surface area contributed by atoms with Crippen LogP contribution in [0, 0.1) is 18.3 Å². The van der Waals surface area contributed by atoms with Crippen LogP contribution in [0.15, 0.2) is 18.2 Å². The van der Waals surface area contributed by atoms with E-state index in [-0.39, 0.29) is 11.2 Å². The second kappa shape index (κ2) is 4.05. The molecule has 0 bridgehead atoms. The zero-order chi connectivity index (χ0) is 15.6. The Labute approximate surface area is 131 Å². The van der Waals surface area contributed by atoms with Crippen LogP contribution in [-0.2, 0) is 5.41 Å². The van der Waals surface area contributed by atoms with Crippen LogP contribution in [0.2, 0.25) is 0 Å². The lowest BCUT2D eigenvalue weighted by atomic mass is 9.77. The molecule has 5 heteroatoms. The summed E-state index contributed by atoms with van der Waals surface area (Å²) in [6.07, 6.45) is 0. The molecule has 4 rings (SSSR count). The molecule has 3 aromatic rings. The Morgan fingerprint density at radius 1 is 1.36 bits per heavy atom. The Bertz CT molecular complexity index is 1000. The van der Waals surface area contributed by atoms with E-state index in [1.807, 2.05) is 13.0 Å². The standard InChI is InChI=1S/C17H13N3OS/c1-8-19-16-14(22-8)13(21)12-10-5-4-9(7-18)6-11(10)20-15(12)17(16,2)3/h4-6,20H,1-3H3. The Kier molecular flexibility index (Phi) is 2.44. The van der Waals surface area contributed by atoms with Gasteiger partial charge in [-0.2, -0.15) is 5.26 Å². The number of hydrogen-bond donors (Lipinski definition) is 1. The second-order valence-corrected chi connectivity index (χ2v) is 7.32. The number of benzene rings is 1. The topological polar surface area (TPSA) is 69.5 Å². The molecule has 1 N–H and O–H groups in total. The molecule has 0 radical (unpaired) electrons. The fourth-order valence-corrected chi connectivity index (χ4v) is 4.23. The molecule has 2 heterocycles. The van der Waals surface area contributed by atoms with E-state index >= 15 is 0 Å². The van der Waals surface area contributed by atoms with Gasteiger partial charge in [0.05, 0.1) is 32.8 Å². The third-order valence-corrected chi connectivity index (χ3v) is 5.28. The number of nitriles is 1. The van der Waals surface area contributed by atoms with Gasteiger partial charge in [-0.25, -0.2) is 4.98 Å². The number of aryl methyl sites for hydroxylation is 1. The number of aromatic nitrogens is 2. The van der Waals surface area contributed by atoms with Crippen LogP contribution in [0.4, 0.5) is 0 Å². The van der Waals surface area contributed by atoms with E-state index in [0.29, 0.717) is 5.56 Å². The van der Waals surface area contributed by atoms with Crippen LogP contribution >= 0.6 is 11.3 Å². The third kappa shape index (κ3) is 1.50. The minimum atomic E-state index is -0.352. The summed E-state index contributed by atoms with van der Waals surface area (Å²) in [6.45, 7) is 6.09. The fraction of sp³-hybridized carbons (Fsp3) is 0.235. The van der Waals surface area contributed by atoms with Gasteiger partial charge in [0.15, 0.2) is 0 Å². The van der Waals surface area contributed by atoms with Gasteiger partial charge in [-0.3, -0.25) is 4.79 Å². The number of thiazole rings is 1. The van der Waals surface area contributed by atoms with E-state index < -0.39 is 0 Å². The van der Waals surface area contributed by atoms with Gasteiger partial charge in [0.2, 0.25) is 5.78 Å². The number of aromatic amines is 1. The first-order chi connectivity index (χ1) is 10.4. The largest absolute Gasteiger partial charge is 0.357 e. The lowest BCUT2D eigenvalue weighted by Gasteiger charge is -2.28. The number of fused-ring (bicyclic) bond motifs is 4. The molecular weight excluding hydrogens is 294 g/mol.